The molecule has 30 heavy (non-hydrogen) atoms. The highest BCUT2D eigenvalue weighted by atomic mass is 32.1. The van der Waals surface area contributed by atoms with Gasteiger partial charge >= 0.3 is 0 Å². The van der Waals surface area contributed by atoms with E-state index in [1.54, 1.807) is 49.5 Å². The molecule has 4 rings (SSSR count). The third-order valence-corrected chi connectivity index (χ3v) is 5.05. The zero-order chi connectivity index (χ0) is 20.9. The smallest absolute Gasteiger partial charge is 0.265 e. The maximum atomic E-state index is 12.3. The fourth-order valence-electron chi connectivity index (χ4n) is 2.75. The first-order chi connectivity index (χ1) is 14.6. The first-order valence-electron chi connectivity index (χ1n) is 9.30. The van der Waals surface area contributed by atoms with Crippen molar-refractivity contribution in [2.45, 2.75) is 19.6 Å². The van der Waals surface area contributed by atoms with Gasteiger partial charge in [0.05, 0.1) is 5.69 Å². The number of aromatic nitrogens is 2. The second-order valence-corrected chi connectivity index (χ2v) is 7.39. The fraction of sp³-hybridized carbons (Fsp3) is 0.136. The summed E-state index contributed by atoms with van der Waals surface area (Å²) >= 11 is 1.39. The van der Waals surface area contributed by atoms with Crippen LogP contribution in [-0.4, -0.2) is 21.4 Å². The van der Waals surface area contributed by atoms with Gasteiger partial charge in [-0.3, -0.25) is 14.0 Å². The Bertz CT molecular complexity index is 1200. The highest BCUT2D eigenvalue weighted by Crippen LogP contribution is 2.18. The predicted molar refractivity (Wildman–Crippen MR) is 115 cm³/mol. The lowest BCUT2D eigenvalue weighted by molar-refractivity contribution is -0.122. The van der Waals surface area contributed by atoms with Crippen LogP contribution in [0.1, 0.15) is 12.6 Å². The Balaban J connectivity index is 1.33. The Morgan fingerprint density at radius 1 is 1.13 bits per heavy atom. The fourth-order valence-corrected chi connectivity index (χ4v) is 3.49. The molecule has 2 aromatic heterocycles. The number of thiazole rings is 1. The summed E-state index contributed by atoms with van der Waals surface area (Å²) in [5, 5.41) is 4.63. The van der Waals surface area contributed by atoms with Gasteiger partial charge in [0.25, 0.3) is 11.5 Å². The zero-order valence-corrected chi connectivity index (χ0v) is 17.0. The molecule has 0 aliphatic rings. The number of para-hydroxylation sites is 1. The van der Waals surface area contributed by atoms with Crippen LogP contribution in [0.2, 0.25) is 0 Å². The van der Waals surface area contributed by atoms with Gasteiger partial charge in [0.2, 0.25) is 0 Å². The third-order valence-electron chi connectivity index (χ3n) is 4.29. The first kappa shape index (κ1) is 19.7. The summed E-state index contributed by atoms with van der Waals surface area (Å²) in [4.78, 5) is 29.4. The molecular weight excluding hydrogens is 402 g/mol. The molecule has 2 heterocycles. The maximum absolute atomic E-state index is 12.3. The topological polar surface area (TPSA) is 81.9 Å². The average molecular weight is 421 g/mol. The molecular formula is C22H19N3O4S. The van der Waals surface area contributed by atoms with Crippen LogP contribution in [0, 0.1) is 0 Å². The third kappa shape index (κ3) is 4.66. The van der Waals surface area contributed by atoms with E-state index in [4.69, 9.17) is 9.47 Å². The number of rotatable bonds is 7. The molecule has 0 saturated carbocycles. The Labute approximate surface area is 176 Å². The normalized spacial score (nSPS) is 11.8. The van der Waals surface area contributed by atoms with Crippen molar-refractivity contribution in [3.8, 4) is 11.5 Å². The number of fused-ring (bicyclic) bond motifs is 1. The summed E-state index contributed by atoms with van der Waals surface area (Å²) < 4.78 is 12.8. The van der Waals surface area contributed by atoms with Gasteiger partial charge in [0.1, 0.15) is 18.1 Å². The molecule has 8 heteroatoms. The molecule has 2 aromatic carbocycles. The SMILES string of the molecule is C[C@@H](Oc1ccccc1)C(=O)Nc1ccc(OCc2cc(=O)n3ccsc3n2)cc1. The van der Waals surface area contributed by atoms with Crippen molar-refractivity contribution in [3.05, 3.63) is 88.3 Å². The first-order valence-corrected chi connectivity index (χ1v) is 10.2. The van der Waals surface area contributed by atoms with E-state index >= 15 is 0 Å². The van der Waals surface area contributed by atoms with E-state index in [9.17, 15) is 9.59 Å². The number of ether oxygens (including phenoxy) is 2. The monoisotopic (exact) mass is 421 g/mol. The van der Waals surface area contributed by atoms with E-state index < -0.39 is 6.10 Å². The van der Waals surface area contributed by atoms with Crippen LogP contribution in [0.4, 0.5) is 5.69 Å². The van der Waals surface area contributed by atoms with Crippen LogP contribution >= 0.6 is 11.3 Å². The van der Waals surface area contributed by atoms with Gasteiger partial charge in [-0.05, 0) is 43.3 Å². The molecule has 152 valence electrons. The summed E-state index contributed by atoms with van der Waals surface area (Å²) in [6.45, 7) is 1.87. The largest absolute Gasteiger partial charge is 0.487 e. The van der Waals surface area contributed by atoms with E-state index in [0.717, 1.165) is 0 Å². The molecule has 1 atom stereocenters. The van der Waals surface area contributed by atoms with Gasteiger partial charge < -0.3 is 14.8 Å². The minimum atomic E-state index is -0.638. The number of nitrogens with zero attached hydrogens (tertiary/aromatic N) is 2. The second-order valence-electron chi connectivity index (χ2n) is 6.52. The van der Waals surface area contributed by atoms with Crippen LogP contribution in [0.15, 0.2) is 77.0 Å². The van der Waals surface area contributed by atoms with Gasteiger partial charge in [-0.1, -0.05) is 18.2 Å². The Hall–Kier alpha value is -3.65. The van der Waals surface area contributed by atoms with Crippen LogP contribution < -0.4 is 20.3 Å². The molecule has 0 aliphatic heterocycles. The Kier molecular flexibility index (Phi) is 5.76. The predicted octanol–water partition coefficient (Wildman–Crippen LogP) is 3.74. The number of hydrogen-bond donors (Lipinski definition) is 1. The van der Waals surface area contributed by atoms with Crippen molar-refractivity contribution in [2.24, 2.45) is 0 Å². The van der Waals surface area contributed by atoms with Crippen molar-refractivity contribution in [1.82, 2.24) is 9.38 Å². The average Bonchev–Trinajstić information content (AvgIpc) is 3.23. The van der Waals surface area contributed by atoms with E-state index in [-0.39, 0.29) is 18.1 Å². The van der Waals surface area contributed by atoms with Crippen molar-refractivity contribution < 1.29 is 14.3 Å². The molecule has 4 aromatic rings. The molecule has 0 aliphatic carbocycles. The number of anilines is 1. The summed E-state index contributed by atoms with van der Waals surface area (Å²) in [6.07, 6.45) is 1.05. The quantitative estimate of drug-likeness (QED) is 0.492. The molecule has 7 nitrogen and oxygen atoms in total. The van der Waals surface area contributed by atoms with Crippen molar-refractivity contribution in [1.29, 1.82) is 0 Å². The lowest BCUT2D eigenvalue weighted by atomic mass is 10.2. The standard InChI is InChI=1S/C22H19N3O4S/c1-15(29-19-5-3-2-4-6-19)21(27)23-16-7-9-18(10-8-16)28-14-17-13-20(26)25-11-12-30-22(25)24-17/h2-13,15H,14H2,1H3,(H,23,27)/t15-/m1/s1. The second kappa shape index (κ2) is 8.79. The molecule has 1 N–H and O–H groups in total. The summed E-state index contributed by atoms with van der Waals surface area (Å²) in [6, 6.07) is 17.6. The van der Waals surface area contributed by atoms with E-state index in [1.807, 2.05) is 23.6 Å². The lowest BCUT2D eigenvalue weighted by Gasteiger charge is -2.15. The minimum Gasteiger partial charge on any atom is -0.487 e. The van der Waals surface area contributed by atoms with Crippen molar-refractivity contribution in [2.75, 3.05) is 5.32 Å². The number of carbonyl (C=O) groups is 1. The van der Waals surface area contributed by atoms with Gasteiger partial charge in [0.15, 0.2) is 11.1 Å². The van der Waals surface area contributed by atoms with Crippen LogP contribution in [0.5, 0.6) is 11.5 Å². The molecule has 0 unspecified atom stereocenters. The van der Waals surface area contributed by atoms with Crippen molar-refractivity contribution in [3.63, 3.8) is 0 Å². The number of amides is 1. The van der Waals surface area contributed by atoms with Gasteiger partial charge in [-0.2, -0.15) is 0 Å². The van der Waals surface area contributed by atoms with Crippen LogP contribution in [-0.2, 0) is 11.4 Å². The van der Waals surface area contributed by atoms with E-state index in [2.05, 4.69) is 10.3 Å². The van der Waals surface area contributed by atoms with Gasteiger partial charge in [-0.25, -0.2) is 4.98 Å². The summed E-state index contributed by atoms with van der Waals surface area (Å²) in [7, 11) is 0. The van der Waals surface area contributed by atoms with E-state index in [1.165, 1.54) is 21.8 Å². The minimum absolute atomic E-state index is 0.134. The molecule has 0 radical (unpaired) electrons. The number of nitrogens with one attached hydrogen (secondary N) is 1. The van der Waals surface area contributed by atoms with Crippen LogP contribution in [0.3, 0.4) is 0 Å². The van der Waals surface area contributed by atoms with Crippen molar-refractivity contribution >= 4 is 27.9 Å². The van der Waals surface area contributed by atoms with Gasteiger partial charge in [-0.15, -0.1) is 11.3 Å². The highest BCUT2D eigenvalue weighted by molar-refractivity contribution is 7.15. The molecule has 0 spiro atoms. The highest BCUT2D eigenvalue weighted by Gasteiger charge is 2.14. The van der Waals surface area contributed by atoms with Gasteiger partial charge in [0, 0.05) is 23.3 Å². The summed E-state index contributed by atoms with van der Waals surface area (Å²) in [5.74, 6) is 0.995. The Morgan fingerprint density at radius 3 is 2.67 bits per heavy atom. The molecule has 0 saturated heterocycles. The molecule has 1 amide bonds. The van der Waals surface area contributed by atoms with Crippen LogP contribution in [0.25, 0.3) is 4.96 Å². The maximum Gasteiger partial charge on any atom is 0.265 e. The summed E-state index contributed by atoms with van der Waals surface area (Å²) in [5.41, 5.74) is 1.06. The molecule has 0 fully saturated rings. The Morgan fingerprint density at radius 2 is 1.90 bits per heavy atom. The molecule has 0 bridgehead atoms. The lowest BCUT2D eigenvalue weighted by Crippen LogP contribution is -2.30. The number of hydrogen-bond acceptors (Lipinski definition) is 6. The number of carbonyl (C=O) groups excluding carboxylic acids is 1. The van der Waals surface area contributed by atoms with E-state index in [0.29, 0.717) is 27.8 Å². The number of benzene rings is 2. The zero-order valence-electron chi connectivity index (χ0n) is 16.1.